The smallest absolute Gasteiger partial charge is 0.295 e. The van der Waals surface area contributed by atoms with E-state index in [0.29, 0.717) is 31.0 Å². The first-order chi connectivity index (χ1) is 17.0. The van der Waals surface area contributed by atoms with Gasteiger partial charge in [-0.3, -0.25) is 9.59 Å². The van der Waals surface area contributed by atoms with E-state index in [1.807, 2.05) is 90.0 Å². The maximum Gasteiger partial charge on any atom is 0.295 e. The second-order valence-corrected chi connectivity index (χ2v) is 9.87. The highest BCUT2D eigenvalue weighted by molar-refractivity contribution is 6.46. The summed E-state index contributed by atoms with van der Waals surface area (Å²) in [5.74, 6) is 0.115. The summed E-state index contributed by atoms with van der Waals surface area (Å²) in [6, 6.07) is 12.0. The summed E-state index contributed by atoms with van der Waals surface area (Å²) in [7, 11) is 3.83. The van der Waals surface area contributed by atoms with Crippen LogP contribution in [0.3, 0.4) is 0 Å². The lowest BCUT2D eigenvalue weighted by atomic mass is 9.93. The van der Waals surface area contributed by atoms with Crippen molar-refractivity contribution in [3.05, 3.63) is 64.7 Å². The van der Waals surface area contributed by atoms with Gasteiger partial charge in [-0.2, -0.15) is 0 Å². The monoisotopic (exact) mass is 494 g/mol. The third kappa shape index (κ3) is 5.90. The van der Waals surface area contributed by atoms with Gasteiger partial charge in [0.05, 0.1) is 24.3 Å². The molecule has 3 rings (SSSR count). The van der Waals surface area contributed by atoms with Crippen molar-refractivity contribution in [2.75, 3.05) is 33.8 Å². The molecule has 0 aliphatic carbocycles. The molecule has 1 aliphatic rings. The summed E-state index contributed by atoms with van der Waals surface area (Å²) in [5, 5.41) is 11.4. The molecule has 1 heterocycles. The quantitative estimate of drug-likeness (QED) is 0.285. The summed E-state index contributed by atoms with van der Waals surface area (Å²) in [6.45, 7) is 11.4. The molecule has 0 aromatic heterocycles. The van der Waals surface area contributed by atoms with Crippen LogP contribution in [0.25, 0.3) is 5.76 Å². The van der Waals surface area contributed by atoms with Crippen LogP contribution < -0.4 is 9.47 Å². The number of likely N-dealkylation sites (N-methyl/N-ethyl adjacent to an activating group) is 1. The molecule has 1 unspecified atom stereocenters. The van der Waals surface area contributed by atoms with Crippen molar-refractivity contribution >= 4 is 17.4 Å². The Bertz CT molecular complexity index is 1120. The molecule has 2 aromatic carbocycles. The molecule has 1 N–H and O–H groups in total. The van der Waals surface area contributed by atoms with Crippen molar-refractivity contribution < 1.29 is 24.2 Å². The van der Waals surface area contributed by atoms with Gasteiger partial charge in [-0.15, -0.1) is 0 Å². The highest BCUT2D eigenvalue weighted by Gasteiger charge is 2.46. The highest BCUT2D eigenvalue weighted by atomic mass is 16.5. The van der Waals surface area contributed by atoms with Crippen molar-refractivity contribution in [1.82, 2.24) is 9.80 Å². The largest absolute Gasteiger partial charge is 0.507 e. The van der Waals surface area contributed by atoms with Crippen LogP contribution in [0.5, 0.6) is 11.5 Å². The molecule has 1 atom stereocenters. The molecule has 1 amide bonds. The molecule has 194 valence electrons. The predicted octanol–water partition coefficient (Wildman–Crippen LogP) is 4.98. The van der Waals surface area contributed by atoms with Gasteiger partial charge in [-0.05, 0) is 82.2 Å². The average molecular weight is 495 g/mol. The fourth-order valence-electron chi connectivity index (χ4n) is 4.36. The number of Topliss-reactive ketones (excluding diaryl/α,β-unsaturated/α-hetero) is 1. The number of likely N-dealkylation sites (tertiary alicyclic amines) is 1. The topological polar surface area (TPSA) is 79.3 Å². The molecule has 2 aromatic rings. The van der Waals surface area contributed by atoms with Gasteiger partial charge in [0, 0.05) is 18.7 Å². The van der Waals surface area contributed by atoms with Gasteiger partial charge in [-0.1, -0.05) is 26.0 Å². The van der Waals surface area contributed by atoms with E-state index in [9.17, 15) is 14.7 Å². The first-order valence-corrected chi connectivity index (χ1v) is 12.5. The third-order valence-electron chi connectivity index (χ3n) is 6.10. The molecule has 1 saturated heterocycles. The van der Waals surface area contributed by atoms with E-state index in [1.54, 1.807) is 11.0 Å². The third-order valence-corrected chi connectivity index (χ3v) is 6.10. The molecular weight excluding hydrogens is 456 g/mol. The number of nitrogens with zero attached hydrogens (tertiary/aromatic N) is 2. The van der Waals surface area contributed by atoms with Crippen LogP contribution in [0, 0.1) is 0 Å². The van der Waals surface area contributed by atoms with Crippen molar-refractivity contribution in [3.63, 3.8) is 0 Å². The van der Waals surface area contributed by atoms with Gasteiger partial charge < -0.3 is 24.4 Å². The molecule has 7 nitrogen and oxygen atoms in total. The molecule has 7 heteroatoms. The van der Waals surface area contributed by atoms with Crippen molar-refractivity contribution in [2.24, 2.45) is 0 Å². The number of benzene rings is 2. The maximum absolute atomic E-state index is 13.3. The van der Waals surface area contributed by atoms with E-state index in [1.165, 1.54) is 0 Å². The minimum Gasteiger partial charge on any atom is -0.507 e. The van der Waals surface area contributed by atoms with Crippen molar-refractivity contribution in [1.29, 1.82) is 0 Å². The van der Waals surface area contributed by atoms with E-state index in [4.69, 9.17) is 9.47 Å². The normalized spacial score (nSPS) is 17.5. The lowest BCUT2D eigenvalue weighted by molar-refractivity contribution is -0.140. The van der Waals surface area contributed by atoms with Crippen LogP contribution in [-0.4, -0.2) is 66.5 Å². The van der Waals surface area contributed by atoms with E-state index < -0.39 is 17.7 Å². The van der Waals surface area contributed by atoms with Crippen LogP contribution in [0.1, 0.15) is 63.3 Å². The van der Waals surface area contributed by atoms with Gasteiger partial charge >= 0.3 is 0 Å². The number of ketones is 1. The van der Waals surface area contributed by atoms with Gasteiger partial charge in [0.15, 0.2) is 0 Å². The van der Waals surface area contributed by atoms with Crippen LogP contribution in [-0.2, 0) is 9.59 Å². The molecule has 1 aliphatic heterocycles. The number of rotatable bonds is 10. The Kier molecular flexibility index (Phi) is 8.79. The number of carbonyl (C=O) groups excluding carboxylic acids is 2. The molecule has 1 fully saturated rings. The molecule has 0 spiro atoms. The lowest BCUT2D eigenvalue weighted by Gasteiger charge is -2.27. The summed E-state index contributed by atoms with van der Waals surface area (Å²) in [4.78, 5) is 29.9. The SMILES string of the molecule is CCOc1ccc(/C(O)=C2/C(=O)C(=O)N(CCN(C)C)C2c2ccc(OC(C)C)cc2)cc1C(C)C. The van der Waals surface area contributed by atoms with Crippen LogP contribution in [0.4, 0.5) is 0 Å². The number of amides is 1. The summed E-state index contributed by atoms with van der Waals surface area (Å²) >= 11 is 0. The first-order valence-electron chi connectivity index (χ1n) is 12.5. The zero-order valence-electron chi connectivity index (χ0n) is 22.4. The minimum atomic E-state index is -0.702. The van der Waals surface area contributed by atoms with Gasteiger partial charge in [-0.25, -0.2) is 0 Å². The molecule has 36 heavy (non-hydrogen) atoms. The van der Waals surface area contributed by atoms with E-state index in [0.717, 1.165) is 16.9 Å². The van der Waals surface area contributed by atoms with Crippen LogP contribution >= 0.6 is 0 Å². The fraction of sp³-hybridized carbons (Fsp3) is 0.448. The number of hydrogen-bond donors (Lipinski definition) is 1. The zero-order chi connectivity index (χ0) is 26.6. The second kappa shape index (κ2) is 11.6. The number of aliphatic hydroxyl groups excluding tert-OH is 1. The number of ether oxygens (including phenoxy) is 2. The predicted molar refractivity (Wildman–Crippen MR) is 141 cm³/mol. The Hall–Kier alpha value is -3.32. The Morgan fingerprint density at radius 2 is 1.72 bits per heavy atom. The number of carbonyl (C=O) groups is 2. The molecule has 0 radical (unpaired) electrons. The Morgan fingerprint density at radius 1 is 1.06 bits per heavy atom. The maximum atomic E-state index is 13.3. The molecular formula is C29H38N2O5. The van der Waals surface area contributed by atoms with Crippen molar-refractivity contribution in [3.8, 4) is 11.5 Å². The molecule has 0 saturated carbocycles. The highest BCUT2D eigenvalue weighted by Crippen LogP contribution is 2.40. The Labute approximate surface area is 214 Å². The summed E-state index contributed by atoms with van der Waals surface area (Å²) < 4.78 is 11.5. The first kappa shape index (κ1) is 27.3. The molecule has 0 bridgehead atoms. The lowest BCUT2D eigenvalue weighted by Crippen LogP contribution is -2.35. The summed E-state index contributed by atoms with van der Waals surface area (Å²) in [5.41, 5.74) is 2.24. The summed E-state index contributed by atoms with van der Waals surface area (Å²) in [6.07, 6.45) is 0.0244. The van der Waals surface area contributed by atoms with Gasteiger partial charge in [0.25, 0.3) is 11.7 Å². The number of hydrogen-bond acceptors (Lipinski definition) is 6. The van der Waals surface area contributed by atoms with Crippen LogP contribution in [0.15, 0.2) is 48.0 Å². The van der Waals surface area contributed by atoms with E-state index >= 15 is 0 Å². The van der Waals surface area contributed by atoms with Gasteiger partial charge in [0.1, 0.15) is 17.3 Å². The Morgan fingerprint density at radius 3 is 2.28 bits per heavy atom. The van der Waals surface area contributed by atoms with E-state index in [2.05, 4.69) is 0 Å². The van der Waals surface area contributed by atoms with Crippen molar-refractivity contribution in [2.45, 2.75) is 52.7 Å². The van der Waals surface area contributed by atoms with E-state index in [-0.39, 0.29) is 23.4 Å². The minimum absolute atomic E-state index is 0.0244. The van der Waals surface area contributed by atoms with Gasteiger partial charge in [0.2, 0.25) is 0 Å². The average Bonchev–Trinajstić information content (AvgIpc) is 3.07. The second-order valence-electron chi connectivity index (χ2n) is 9.87. The fourth-order valence-corrected chi connectivity index (χ4v) is 4.36. The Balaban J connectivity index is 2.13. The number of aliphatic hydroxyl groups is 1. The zero-order valence-corrected chi connectivity index (χ0v) is 22.4. The van der Waals surface area contributed by atoms with Crippen LogP contribution in [0.2, 0.25) is 0 Å². The standard InChI is InChI=1S/C29H38N2O5/c1-8-35-24-14-11-21(17-23(24)18(2)3)27(32)25-26(20-9-12-22(13-10-20)36-19(4)5)31(16-15-30(6)7)29(34)28(25)33/h9-14,17-19,26,32H,8,15-16H2,1-7H3/b27-25-.